The molecule has 1 N–H and O–H groups in total. The molecular weight excluding hydrogens is 528 g/mol. The van der Waals surface area contributed by atoms with Crippen molar-refractivity contribution in [2.45, 2.75) is 6.61 Å². The Morgan fingerprint density at radius 1 is 1.00 bits per heavy atom. The van der Waals surface area contributed by atoms with Crippen LogP contribution in [0, 0.1) is 0 Å². The number of hydrogen-bond acceptors (Lipinski definition) is 5. The van der Waals surface area contributed by atoms with Crippen molar-refractivity contribution < 1.29 is 19.0 Å². The van der Waals surface area contributed by atoms with Gasteiger partial charge < -0.3 is 14.2 Å². The second kappa shape index (κ2) is 11.0. The second-order valence-corrected chi connectivity index (χ2v) is 8.15. The van der Waals surface area contributed by atoms with E-state index in [1.165, 1.54) is 20.4 Å². The number of carbonyl (C=O) groups excluding carboxylic acids is 1. The number of ether oxygens (including phenoxy) is 3. The van der Waals surface area contributed by atoms with Gasteiger partial charge in [0.1, 0.15) is 23.9 Å². The summed E-state index contributed by atoms with van der Waals surface area (Å²) in [5, 5.41) is 4.10. The van der Waals surface area contributed by atoms with Crippen molar-refractivity contribution in [3.8, 4) is 17.2 Å². The Kier molecular flexibility index (Phi) is 8.08. The van der Waals surface area contributed by atoms with E-state index in [2.05, 4.69) is 42.4 Å². The molecule has 0 spiro atoms. The third-order valence-corrected chi connectivity index (χ3v) is 5.29. The van der Waals surface area contributed by atoms with Gasteiger partial charge in [-0.1, -0.05) is 46.3 Å². The Balaban J connectivity index is 1.76. The molecule has 31 heavy (non-hydrogen) atoms. The Morgan fingerprint density at radius 3 is 2.32 bits per heavy atom. The van der Waals surface area contributed by atoms with Crippen LogP contribution in [0.25, 0.3) is 0 Å². The summed E-state index contributed by atoms with van der Waals surface area (Å²) in [5.41, 5.74) is 4.63. The van der Waals surface area contributed by atoms with Crippen LogP contribution in [-0.2, 0) is 6.61 Å². The molecule has 3 aromatic carbocycles. The topological polar surface area (TPSA) is 69.2 Å². The van der Waals surface area contributed by atoms with Gasteiger partial charge in [0.05, 0.1) is 24.9 Å². The maximum absolute atomic E-state index is 12.5. The lowest BCUT2D eigenvalue weighted by Gasteiger charge is -2.12. The first-order chi connectivity index (χ1) is 15.0. The number of nitrogens with one attached hydrogen (secondary N) is 1. The Labute approximate surface area is 197 Å². The van der Waals surface area contributed by atoms with Crippen LogP contribution < -0.4 is 19.6 Å². The highest BCUT2D eigenvalue weighted by molar-refractivity contribution is 9.11. The number of amides is 1. The van der Waals surface area contributed by atoms with E-state index in [0.717, 1.165) is 14.5 Å². The Bertz CT molecular complexity index is 1070. The molecule has 0 saturated carbocycles. The van der Waals surface area contributed by atoms with Gasteiger partial charge in [0.2, 0.25) is 0 Å². The van der Waals surface area contributed by atoms with E-state index in [1.54, 1.807) is 18.2 Å². The molecule has 0 aliphatic heterocycles. The third kappa shape index (κ3) is 6.32. The number of rotatable bonds is 8. The SMILES string of the molecule is COc1cc(OC)cc(C(=O)N/N=C\c2cc(Br)cc(Br)c2OCc2ccccc2)c1. The molecule has 0 bridgehead atoms. The van der Waals surface area contributed by atoms with Gasteiger partial charge in [-0.2, -0.15) is 5.10 Å². The highest BCUT2D eigenvalue weighted by Crippen LogP contribution is 2.32. The van der Waals surface area contributed by atoms with E-state index < -0.39 is 5.91 Å². The molecule has 3 rings (SSSR count). The molecule has 0 radical (unpaired) electrons. The van der Waals surface area contributed by atoms with Crippen molar-refractivity contribution in [3.63, 3.8) is 0 Å². The largest absolute Gasteiger partial charge is 0.497 e. The van der Waals surface area contributed by atoms with E-state index in [1.807, 2.05) is 42.5 Å². The lowest BCUT2D eigenvalue weighted by molar-refractivity contribution is 0.0954. The fraction of sp³-hybridized carbons (Fsp3) is 0.130. The smallest absolute Gasteiger partial charge is 0.271 e. The molecule has 160 valence electrons. The van der Waals surface area contributed by atoms with Crippen molar-refractivity contribution in [2.24, 2.45) is 5.10 Å². The van der Waals surface area contributed by atoms with Crippen LogP contribution in [0.5, 0.6) is 17.2 Å². The summed E-state index contributed by atoms with van der Waals surface area (Å²) >= 11 is 7.00. The zero-order valence-electron chi connectivity index (χ0n) is 16.9. The zero-order valence-corrected chi connectivity index (χ0v) is 20.1. The number of hydrazone groups is 1. The fourth-order valence-corrected chi connectivity index (χ4v) is 4.09. The molecule has 3 aromatic rings. The monoisotopic (exact) mass is 546 g/mol. The molecule has 0 saturated heterocycles. The van der Waals surface area contributed by atoms with E-state index in [9.17, 15) is 4.79 Å². The average Bonchev–Trinajstić information content (AvgIpc) is 2.78. The van der Waals surface area contributed by atoms with Gasteiger partial charge in [-0.3, -0.25) is 4.79 Å². The van der Waals surface area contributed by atoms with Crippen molar-refractivity contribution in [1.29, 1.82) is 0 Å². The van der Waals surface area contributed by atoms with Crippen LogP contribution in [0.2, 0.25) is 0 Å². The van der Waals surface area contributed by atoms with Gasteiger partial charge in [0.25, 0.3) is 5.91 Å². The normalized spacial score (nSPS) is 10.7. The van der Waals surface area contributed by atoms with Crippen molar-refractivity contribution in [3.05, 3.63) is 86.3 Å². The van der Waals surface area contributed by atoms with E-state index >= 15 is 0 Å². The maximum atomic E-state index is 12.5. The molecule has 0 atom stereocenters. The molecule has 0 unspecified atom stereocenters. The minimum atomic E-state index is -0.394. The van der Waals surface area contributed by atoms with Crippen LogP contribution >= 0.6 is 31.9 Å². The van der Waals surface area contributed by atoms with Crippen LogP contribution in [0.1, 0.15) is 21.5 Å². The molecule has 1 amide bonds. The average molecular weight is 548 g/mol. The highest BCUT2D eigenvalue weighted by atomic mass is 79.9. The lowest BCUT2D eigenvalue weighted by atomic mass is 10.2. The summed E-state index contributed by atoms with van der Waals surface area (Å²) in [5.74, 6) is 1.25. The van der Waals surface area contributed by atoms with Gasteiger partial charge in [-0.05, 0) is 45.8 Å². The maximum Gasteiger partial charge on any atom is 0.271 e. The predicted octanol–water partition coefficient (Wildman–Crippen LogP) is 5.57. The predicted molar refractivity (Wildman–Crippen MR) is 127 cm³/mol. The number of carbonyl (C=O) groups is 1. The molecular formula is C23H20Br2N2O4. The summed E-state index contributed by atoms with van der Waals surface area (Å²) in [6, 6.07) is 18.5. The van der Waals surface area contributed by atoms with Gasteiger partial charge in [-0.15, -0.1) is 0 Å². The van der Waals surface area contributed by atoms with Crippen LogP contribution in [0.3, 0.4) is 0 Å². The van der Waals surface area contributed by atoms with Gasteiger partial charge in [-0.25, -0.2) is 5.43 Å². The van der Waals surface area contributed by atoms with Crippen molar-refractivity contribution in [1.82, 2.24) is 5.43 Å². The summed E-state index contributed by atoms with van der Waals surface area (Å²) in [4.78, 5) is 12.5. The minimum absolute atomic E-state index is 0.365. The third-order valence-electron chi connectivity index (χ3n) is 4.25. The number of hydrogen-bond donors (Lipinski definition) is 1. The molecule has 0 aromatic heterocycles. The minimum Gasteiger partial charge on any atom is -0.497 e. The summed E-state index contributed by atoms with van der Waals surface area (Å²) in [7, 11) is 3.05. The molecule has 0 fully saturated rings. The first kappa shape index (κ1) is 22.8. The lowest BCUT2D eigenvalue weighted by Crippen LogP contribution is -2.17. The molecule has 0 aliphatic carbocycles. The van der Waals surface area contributed by atoms with E-state index in [0.29, 0.717) is 35.0 Å². The fourth-order valence-electron chi connectivity index (χ4n) is 2.72. The standard InChI is InChI=1S/C23H20Br2N2O4/c1-29-19-9-16(10-20(12-19)30-2)23(28)27-26-13-17-8-18(24)11-21(25)22(17)31-14-15-6-4-3-5-7-15/h3-13H,14H2,1-2H3,(H,27,28)/b26-13-. The molecule has 0 aliphatic rings. The number of benzene rings is 3. The first-order valence-electron chi connectivity index (χ1n) is 9.22. The molecule has 8 heteroatoms. The van der Waals surface area contributed by atoms with Gasteiger partial charge in [0, 0.05) is 21.7 Å². The number of nitrogens with zero attached hydrogens (tertiary/aromatic N) is 1. The zero-order chi connectivity index (χ0) is 22.2. The van der Waals surface area contributed by atoms with Gasteiger partial charge in [0.15, 0.2) is 0 Å². The van der Waals surface area contributed by atoms with Crippen LogP contribution in [0.15, 0.2) is 74.7 Å². The summed E-state index contributed by atoms with van der Waals surface area (Å²) < 4.78 is 18.0. The van der Waals surface area contributed by atoms with Crippen molar-refractivity contribution >= 4 is 44.0 Å². The van der Waals surface area contributed by atoms with Crippen LogP contribution in [-0.4, -0.2) is 26.3 Å². The van der Waals surface area contributed by atoms with E-state index in [-0.39, 0.29) is 0 Å². The summed E-state index contributed by atoms with van der Waals surface area (Å²) in [6.45, 7) is 0.401. The first-order valence-corrected chi connectivity index (χ1v) is 10.8. The Hall–Kier alpha value is -2.84. The summed E-state index contributed by atoms with van der Waals surface area (Å²) in [6.07, 6.45) is 1.53. The Morgan fingerprint density at radius 2 is 1.68 bits per heavy atom. The number of halogens is 2. The highest BCUT2D eigenvalue weighted by Gasteiger charge is 2.11. The number of methoxy groups -OCH3 is 2. The van der Waals surface area contributed by atoms with Crippen molar-refractivity contribution in [2.75, 3.05) is 14.2 Å². The van der Waals surface area contributed by atoms with Crippen LogP contribution in [0.4, 0.5) is 0 Å². The van der Waals surface area contributed by atoms with E-state index in [4.69, 9.17) is 14.2 Å². The van der Waals surface area contributed by atoms with Gasteiger partial charge >= 0.3 is 0 Å². The second-order valence-electron chi connectivity index (χ2n) is 6.38. The molecule has 0 heterocycles. The quantitative estimate of drug-likeness (QED) is 0.295. The molecule has 6 nitrogen and oxygen atoms in total.